The molecule has 0 saturated heterocycles. The fourth-order valence-electron chi connectivity index (χ4n) is 1.72. The van der Waals surface area contributed by atoms with Crippen LogP contribution in [0.5, 0.6) is 0 Å². The minimum atomic E-state index is -0.0685. The molecule has 1 aliphatic carbocycles. The van der Waals surface area contributed by atoms with Crippen molar-refractivity contribution in [3.8, 4) is 0 Å². The van der Waals surface area contributed by atoms with E-state index in [9.17, 15) is 4.79 Å². The summed E-state index contributed by atoms with van der Waals surface area (Å²) in [5.41, 5.74) is -0.0685. The highest BCUT2D eigenvalue weighted by atomic mass is 35.5. The van der Waals surface area contributed by atoms with E-state index in [1.807, 2.05) is 0 Å². The Morgan fingerprint density at radius 1 is 1.19 bits per heavy atom. The minimum Gasteiger partial charge on any atom is -0.312 e. The summed E-state index contributed by atoms with van der Waals surface area (Å²) in [5, 5.41) is 9.11. The molecular weight excluding hydrogens is 249 g/mol. The van der Waals surface area contributed by atoms with E-state index < -0.39 is 0 Å². The summed E-state index contributed by atoms with van der Waals surface area (Å²) in [4.78, 5) is 11.8. The zero-order valence-corrected chi connectivity index (χ0v) is 9.66. The summed E-state index contributed by atoms with van der Waals surface area (Å²) in [5.74, 6) is 0. The van der Waals surface area contributed by atoms with Crippen molar-refractivity contribution in [2.75, 3.05) is 0 Å². The highest BCUT2D eigenvalue weighted by Gasteiger charge is 2.25. The van der Waals surface area contributed by atoms with Crippen LogP contribution in [0.3, 0.4) is 0 Å². The van der Waals surface area contributed by atoms with Crippen molar-refractivity contribution >= 4 is 34.0 Å². The molecule has 0 aromatic carbocycles. The molecule has 0 unspecified atom stereocenters. The van der Waals surface area contributed by atoms with E-state index in [0.29, 0.717) is 16.8 Å². The third-order valence-corrected chi connectivity index (χ3v) is 3.25. The first-order chi connectivity index (χ1) is 7.66. The summed E-state index contributed by atoms with van der Waals surface area (Å²) in [6.07, 6.45) is 3.79. The lowest BCUT2D eigenvalue weighted by Crippen LogP contribution is -2.17. The van der Waals surface area contributed by atoms with Crippen LogP contribution in [0, 0.1) is 0 Å². The second-order valence-electron chi connectivity index (χ2n) is 3.86. The van der Waals surface area contributed by atoms with Gasteiger partial charge in [-0.2, -0.15) is 0 Å². The Labute approximate surface area is 101 Å². The number of halogens is 2. The summed E-state index contributed by atoms with van der Waals surface area (Å²) in [6.45, 7) is 0. The van der Waals surface area contributed by atoms with Gasteiger partial charge in [0.25, 0.3) is 5.56 Å². The quantitative estimate of drug-likeness (QED) is 0.787. The molecule has 0 bridgehead atoms. The molecular formula is C10H7Cl2N3O. The Morgan fingerprint density at radius 2 is 1.81 bits per heavy atom. The number of rotatable bonds is 1. The van der Waals surface area contributed by atoms with Crippen LogP contribution in [0.4, 0.5) is 0 Å². The van der Waals surface area contributed by atoms with Crippen LogP contribution in [-0.4, -0.2) is 14.8 Å². The molecule has 4 nitrogen and oxygen atoms in total. The molecule has 0 aliphatic heterocycles. The number of pyridine rings is 1. The highest BCUT2D eigenvalue weighted by Crippen LogP contribution is 2.35. The van der Waals surface area contributed by atoms with E-state index in [0.717, 1.165) is 12.8 Å². The van der Waals surface area contributed by atoms with E-state index in [-0.39, 0.29) is 15.9 Å². The Hall–Kier alpha value is -1.13. The lowest BCUT2D eigenvalue weighted by atomic mass is 10.2. The predicted molar refractivity (Wildman–Crippen MR) is 62.1 cm³/mol. The van der Waals surface area contributed by atoms with Gasteiger partial charge in [0, 0.05) is 29.1 Å². The number of aromatic nitrogens is 3. The molecule has 2 heterocycles. The zero-order valence-electron chi connectivity index (χ0n) is 8.15. The van der Waals surface area contributed by atoms with Crippen molar-refractivity contribution in [1.29, 1.82) is 0 Å². The van der Waals surface area contributed by atoms with Crippen LogP contribution in [0.1, 0.15) is 18.9 Å². The lowest BCUT2D eigenvalue weighted by molar-refractivity contribution is 0.712. The molecule has 1 aliphatic rings. The Morgan fingerprint density at radius 3 is 2.44 bits per heavy atom. The van der Waals surface area contributed by atoms with E-state index in [2.05, 4.69) is 10.2 Å². The number of hydrogen-bond donors (Lipinski definition) is 0. The van der Waals surface area contributed by atoms with Crippen LogP contribution in [0.15, 0.2) is 17.1 Å². The molecule has 0 amide bonds. The second kappa shape index (κ2) is 3.43. The van der Waals surface area contributed by atoms with E-state index in [4.69, 9.17) is 23.2 Å². The fraction of sp³-hybridized carbons (Fsp3) is 0.300. The van der Waals surface area contributed by atoms with Crippen molar-refractivity contribution in [3.63, 3.8) is 0 Å². The molecule has 3 rings (SSSR count). The van der Waals surface area contributed by atoms with Crippen molar-refractivity contribution in [2.24, 2.45) is 0 Å². The number of hydrogen-bond acceptors (Lipinski definition) is 3. The maximum absolute atomic E-state index is 11.8. The van der Waals surface area contributed by atoms with Gasteiger partial charge >= 0.3 is 0 Å². The third-order valence-electron chi connectivity index (χ3n) is 2.69. The maximum atomic E-state index is 11.8. The SMILES string of the molecule is O=c1cc2c(Cl)nnc(Cl)c2cn1C1CC1. The molecule has 0 radical (unpaired) electrons. The smallest absolute Gasteiger partial charge is 0.251 e. The molecule has 0 N–H and O–H groups in total. The summed E-state index contributed by atoms with van der Waals surface area (Å²) in [7, 11) is 0. The van der Waals surface area contributed by atoms with Crippen LogP contribution in [0.25, 0.3) is 10.8 Å². The van der Waals surface area contributed by atoms with Gasteiger partial charge in [-0.1, -0.05) is 23.2 Å². The van der Waals surface area contributed by atoms with Gasteiger partial charge in [0.1, 0.15) is 0 Å². The van der Waals surface area contributed by atoms with Gasteiger partial charge in [0.05, 0.1) is 0 Å². The molecule has 1 fully saturated rings. The van der Waals surface area contributed by atoms with Gasteiger partial charge in [-0.3, -0.25) is 4.79 Å². The first kappa shape index (κ1) is 10.1. The van der Waals surface area contributed by atoms with Crippen LogP contribution >= 0.6 is 23.2 Å². The summed E-state index contributed by atoms with van der Waals surface area (Å²) in [6, 6.07) is 1.77. The molecule has 2 aromatic rings. The average molecular weight is 256 g/mol. The van der Waals surface area contributed by atoms with Crippen molar-refractivity contribution < 1.29 is 0 Å². The molecule has 1 saturated carbocycles. The van der Waals surface area contributed by atoms with Crippen LogP contribution in [0.2, 0.25) is 10.3 Å². The summed E-state index contributed by atoms with van der Waals surface area (Å²) < 4.78 is 1.69. The van der Waals surface area contributed by atoms with E-state index in [1.165, 1.54) is 6.07 Å². The van der Waals surface area contributed by atoms with Gasteiger partial charge in [-0.25, -0.2) is 0 Å². The normalized spacial score (nSPS) is 15.6. The highest BCUT2D eigenvalue weighted by molar-refractivity contribution is 6.38. The van der Waals surface area contributed by atoms with E-state index >= 15 is 0 Å². The van der Waals surface area contributed by atoms with Crippen molar-refractivity contribution in [3.05, 3.63) is 32.9 Å². The van der Waals surface area contributed by atoms with Crippen molar-refractivity contribution in [1.82, 2.24) is 14.8 Å². The molecule has 2 aromatic heterocycles. The largest absolute Gasteiger partial charge is 0.312 e. The molecule has 0 atom stereocenters. The predicted octanol–water partition coefficient (Wildman–Crippen LogP) is 2.43. The van der Waals surface area contributed by atoms with Crippen LogP contribution < -0.4 is 5.56 Å². The van der Waals surface area contributed by atoms with Crippen molar-refractivity contribution in [2.45, 2.75) is 18.9 Å². The first-order valence-corrected chi connectivity index (χ1v) is 5.66. The van der Waals surface area contributed by atoms with Gasteiger partial charge in [0.2, 0.25) is 0 Å². The summed E-state index contributed by atoms with van der Waals surface area (Å²) >= 11 is 11.8. The lowest BCUT2D eigenvalue weighted by Gasteiger charge is -2.06. The Bertz CT molecular complexity index is 634. The van der Waals surface area contributed by atoms with Gasteiger partial charge in [-0.15, -0.1) is 10.2 Å². The fourth-order valence-corrected chi connectivity index (χ4v) is 2.10. The third kappa shape index (κ3) is 1.49. The zero-order chi connectivity index (χ0) is 11.3. The van der Waals surface area contributed by atoms with E-state index in [1.54, 1.807) is 10.8 Å². The molecule has 6 heteroatoms. The topological polar surface area (TPSA) is 47.8 Å². The maximum Gasteiger partial charge on any atom is 0.251 e. The number of nitrogens with zero attached hydrogens (tertiary/aromatic N) is 3. The molecule has 16 heavy (non-hydrogen) atoms. The minimum absolute atomic E-state index is 0.0685. The molecule has 82 valence electrons. The second-order valence-corrected chi connectivity index (χ2v) is 4.58. The van der Waals surface area contributed by atoms with Gasteiger partial charge < -0.3 is 4.57 Å². The van der Waals surface area contributed by atoms with Gasteiger partial charge in [-0.05, 0) is 12.8 Å². The number of fused-ring (bicyclic) bond motifs is 1. The van der Waals surface area contributed by atoms with Crippen LogP contribution in [-0.2, 0) is 0 Å². The first-order valence-electron chi connectivity index (χ1n) is 4.90. The molecule has 0 spiro atoms. The Balaban J connectivity index is 2.39. The Kier molecular flexibility index (Phi) is 2.16. The average Bonchev–Trinajstić information content (AvgIpc) is 3.07. The monoisotopic (exact) mass is 255 g/mol. The standard InChI is InChI=1S/C10H7Cl2N3O/c11-9-6-3-8(16)15(5-1-2-5)4-7(6)10(12)14-13-9/h3-5H,1-2H2. The van der Waals surface area contributed by atoms with Gasteiger partial charge in [0.15, 0.2) is 10.3 Å².